The number of nitrogens with zero attached hydrogens (tertiary/aromatic N) is 2. The van der Waals surface area contributed by atoms with Gasteiger partial charge in [-0.05, 0) is 53.3 Å². The van der Waals surface area contributed by atoms with E-state index in [2.05, 4.69) is 27.9 Å². The second-order valence-electron chi connectivity index (χ2n) is 5.91. The van der Waals surface area contributed by atoms with Crippen molar-refractivity contribution in [3.8, 4) is 0 Å². The Morgan fingerprint density at radius 1 is 0.840 bits per heavy atom. The number of halogens is 1. The molecule has 0 aliphatic carbocycles. The lowest BCUT2D eigenvalue weighted by atomic mass is 10.2. The molecule has 25 heavy (non-hydrogen) atoms. The number of amides is 3. The minimum Gasteiger partial charge on any atom is -0.337 e. The molecule has 1 aliphatic rings. The molecule has 1 aliphatic heterocycles. The number of para-hydroxylation sites is 1. The topological polar surface area (TPSA) is 52.7 Å². The molecule has 0 radical (unpaired) electrons. The van der Waals surface area contributed by atoms with Crippen LogP contribution < -0.4 is 5.32 Å². The molecule has 5 nitrogen and oxygen atoms in total. The molecule has 0 bridgehead atoms. The first-order valence-electron chi connectivity index (χ1n) is 8.30. The molecule has 0 saturated carbocycles. The zero-order valence-electron chi connectivity index (χ0n) is 13.8. The lowest BCUT2D eigenvalue weighted by molar-refractivity contribution is 0.0762. The molecule has 3 rings (SSSR count). The first-order chi connectivity index (χ1) is 12.1. The van der Waals surface area contributed by atoms with Crippen LogP contribution in [-0.2, 0) is 0 Å². The summed E-state index contributed by atoms with van der Waals surface area (Å²) in [4.78, 5) is 28.7. The van der Waals surface area contributed by atoms with Crippen LogP contribution in [-0.4, -0.2) is 47.9 Å². The fourth-order valence-electron chi connectivity index (χ4n) is 2.84. The number of carbonyl (C=O) groups is 2. The van der Waals surface area contributed by atoms with Gasteiger partial charge in [-0.2, -0.15) is 0 Å². The number of carbonyl (C=O) groups excluding carboxylic acids is 2. The van der Waals surface area contributed by atoms with Crippen LogP contribution in [0.1, 0.15) is 16.8 Å². The largest absolute Gasteiger partial charge is 0.337 e. The zero-order chi connectivity index (χ0) is 17.6. The van der Waals surface area contributed by atoms with E-state index in [1.807, 2.05) is 59.5 Å². The fraction of sp³-hybridized carbons (Fsp3) is 0.263. The van der Waals surface area contributed by atoms with Gasteiger partial charge in [0.25, 0.3) is 5.91 Å². The Balaban J connectivity index is 1.60. The van der Waals surface area contributed by atoms with Crippen LogP contribution in [0.2, 0.25) is 0 Å². The Morgan fingerprint density at radius 2 is 1.48 bits per heavy atom. The lowest BCUT2D eigenvalue weighted by Gasteiger charge is -2.22. The standard InChI is InChI=1S/C19H20IN3O2/c20-16-9-4-5-10-17(16)21-19(25)23-12-6-11-22(13-14-23)18(24)15-7-2-1-3-8-15/h1-5,7-10H,6,11-14H2,(H,21,25). The van der Waals surface area contributed by atoms with E-state index in [9.17, 15) is 9.59 Å². The number of hydrogen-bond acceptors (Lipinski definition) is 2. The second kappa shape index (κ2) is 8.33. The molecule has 0 unspecified atom stereocenters. The van der Waals surface area contributed by atoms with Crippen molar-refractivity contribution in [2.75, 3.05) is 31.5 Å². The minimum atomic E-state index is -0.113. The fourth-order valence-corrected chi connectivity index (χ4v) is 3.37. The van der Waals surface area contributed by atoms with Crippen molar-refractivity contribution in [3.63, 3.8) is 0 Å². The maximum atomic E-state index is 12.6. The van der Waals surface area contributed by atoms with Gasteiger partial charge in [-0.15, -0.1) is 0 Å². The van der Waals surface area contributed by atoms with Crippen LogP contribution >= 0.6 is 22.6 Å². The lowest BCUT2D eigenvalue weighted by Crippen LogP contribution is -2.39. The van der Waals surface area contributed by atoms with E-state index in [4.69, 9.17) is 0 Å². The summed E-state index contributed by atoms with van der Waals surface area (Å²) < 4.78 is 1.00. The molecule has 1 fully saturated rings. The van der Waals surface area contributed by atoms with Crippen LogP contribution in [0.15, 0.2) is 54.6 Å². The Morgan fingerprint density at radius 3 is 2.24 bits per heavy atom. The highest BCUT2D eigenvalue weighted by atomic mass is 127. The molecule has 0 aromatic heterocycles. The number of hydrogen-bond donors (Lipinski definition) is 1. The van der Waals surface area contributed by atoms with E-state index >= 15 is 0 Å². The highest BCUT2D eigenvalue weighted by Gasteiger charge is 2.23. The van der Waals surface area contributed by atoms with Gasteiger partial charge in [0.05, 0.1) is 5.69 Å². The van der Waals surface area contributed by atoms with Crippen molar-refractivity contribution in [1.82, 2.24) is 9.80 Å². The summed E-state index contributed by atoms with van der Waals surface area (Å²) in [5.74, 6) is 0.0282. The number of benzene rings is 2. The molecule has 0 atom stereocenters. The third-order valence-electron chi connectivity index (χ3n) is 4.21. The molecule has 0 spiro atoms. The zero-order valence-corrected chi connectivity index (χ0v) is 16.0. The van der Waals surface area contributed by atoms with Gasteiger partial charge in [0.1, 0.15) is 0 Å². The van der Waals surface area contributed by atoms with Gasteiger partial charge in [-0.1, -0.05) is 30.3 Å². The maximum absolute atomic E-state index is 12.6. The Labute approximate surface area is 161 Å². The van der Waals surface area contributed by atoms with E-state index in [1.165, 1.54) is 0 Å². The Kier molecular flexibility index (Phi) is 5.91. The summed E-state index contributed by atoms with van der Waals surface area (Å²) in [6.45, 7) is 2.40. The van der Waals surface area contributed by atoms with Gasteiger partial charge in [-0.25, -0.2) is 4.79 Å². The molecule has 1 N–H and O–H groups in total. The average molecular weight is 449 g/mol. The van der Waals surface area contributed by atoms with Crippen molar-refractivity contribution in [2.24, 2.45) is 0 Å². The van der Waals surface area contributed by atoms with Gasteiger partial charge in [0, 0.05) is 35.3 Å². The number of nitrogens with one attached hydrogen (secondary N) is 1. The summed E-state index contributed by atoms with van der Waals surface area (Å²) in [6, 6.07) is 16.9. The minimum absolute atomic E-state index is 0.0282. The van der Waals surface area contributed by atoms with Gasteiger partial charge in [0.2, 0.25) is 0 Å². The van der Waals surface area contributed by atoms with Crippen molar-refractivity contribution < 1.29 is 9.59 Å². The highest BCUT2D eigenvalue weighted by Crippen LogP contribution is 2.18. The highest BCUT2D eigenvalue weighted by molar-refractivity contribution is 14.1. The summed E-state index contributed by atoms with van der Waals surface area (Å²) in [6.07, 6.45) is 0.776. The smallest absolute Gasteiger partial charge is 0.321 e. The van der Waals surface area contributed by atoms with Crippen LogP contribution in [0.3, 0.4) is 0 Å². The summed E-state index contributed by atoms with van der Waals surface area (Å²) in [7, 11) is 0. The molecule has 3 amide bonds. The Hall–Kier alpha value is -2.09. The molecule has 1 heterocycles. The summed E-state index contributed by atoms with van der Waals surface area (Å²) >= 11 is 2.20. The maximum Gasteiger partial charge on any atom is 0.321 e. The number of anilines is 1. The van der Waals surface area contributed by atoms with Crippen molar-refractivity contribution in [2.45, 2.75) is 6.42 Å². The molecule has 6 heteroatoms. The predicted molar refractivity (Wildman–Crippen MR) is 107 cm³/mol. The van der Waals surface area contributed by atoms with Crippen LogP contribution in [0.25, 0.3) is 0 Å². The van der Waals surface area contributed by atoms with Gasteiger partial charge < -0.3 is 15.1 Å². The third kappa shape index (κ3) is 4.50. The Bertz CT molecular complexity index is 751. The first-order valence-corrected chi connectivity index (χ1v) is 9.38. The van der Waals surface area contributed by atoms with Crippen molar-refractivity contribution >= 4 is 40.2 Å². The predicted octanol–water partition coefficient (Wildman–Crippen LogP) is 3.67. The van der Waals surface area contributed by atoms with E-state index in [0.29, 0.717) is 31.7 Å². The van der Waals surface area contributed by atoms with Crippen molar-refractivity contribution in [1.29, 1.82) is 0 Å². The number of urea groups is 1. The third-order valence-corrected chi connectivity index (χ3v) is 5.15. The molecule has 2 aromatic rings. The average Bonchev–Trinajstić information content (AvgIpc) is 2.90. The second-order valence-corrected chi connectivity index (χ2v) is 7.07. The molecular formula is C19H20IN3O2. The molecule has 2 aromatic carbocycles. The number of rotatable bonds is 2. The molecular weight excluding hydrogens is 429 g/mol. The monoisotopic (exact) mass is 449 g/mol. The van der Waals surface area contributed by atoms with Crippen LogP contribution in [0.4, 0.5) is 10.5 Å². The van der Waals surface area contributed by atoms with E-state index < -0.39 is 0 Å². The summed E-state index contributed by atoms with van der Waals surface area (Å²) in [5, 5.41) is 2.96. The van der Waals surface area contributed by atoms with Gasteiger partial charge >= 0.3 is 6.03 Å². The van der Waals surface area contributed by atoms with Gasteiger partial charge in [-0.3, -0.25) is 4.79 Å². The quantitative estimate of drug-likeness (QED) is 0.712. The van der Waals surface area contributed by atoms with Crippen LogP contribution in [0, 0.1) is 3.57 Å². The first kappa shape index (κ1) is 17.7. The SMILES string of the molecule is O=C(Nc1ccccc1I)N1CCCN(C(=O)c2ccccc2)CC1. The molecule has 130 valence electrons. The normalized spacial score (nSPS) is 14.8. The van der Waals surface area contributed by atoms with Gasteiger partial charge in [0.15, 0.2) is 0 Å². The summed E-state index contributed by atoms with van der Waals surface area (Å²) in [5.41, 5.74) is 1.51. The van der Waals surface area contributed by atoms with E-state index in [1.54, 1.807) is 4.90 Å². The van der Waals surface area contributed by atoms with Crippen LogP contribution in [0.5, 0.6) is 0 Å². The van der Waals surface area contributed by atoms with Crippen molar-refractivity contribution in [3.05, 3.63) is 63.7 Å². The van der Waals surface area contributed by atoms with E-state index in [0.717, 1.165) is 15.7 Å². The molecule has 1 saturated heterocycles. The van der Waals surface area contributed by atoms with E-state index in [-0.39, 0.29) is 11.9 Å².